The topological polar surface area (TPSA) is 95.9 Å². The van der Waals surface area contributed by atoms with Crippen molar-refractivity contribution in [2.24, 2.45) is 11.8 Å². The summed E-state index contributed by atoms with van der Waals surface area (Å²) in [7, 11) is 1.28. The molecule has 0 spiro atoms. The molecule has 0 aromatic carbocycles. The zero-order valence-electron chi connectivity index (χ0n) is 13.8. The molecule has 130 valence electrons. The number of methoxy groups -OCH3 is 1. The Kier molecular flexibility index (Phi) is 5.98. The van der Waals surface area contributed by atoms with Crippen LogP contribution in [0.15, 0.2) is 0 Å². The fourth-order valence-corrected chi connectivity index (χ4v) is 3.99. The minimum absolute atomic E-state index is 0.104. The van der Waals surface area contributed by atoms with Crippen LogP contribution in [0.1, 0.15) is 39.0 Å². The number of carbonyl (C=O) groups excluding carboxylic acids is 2. The fraction of sp³-hybridized carbons (Fsp3) is 0.812. The number of fused-ring (bicyclic) bond motifs is 2. The maximum absolute atomic E-state index is 12.1. The van der Waals surface area contributed by atoms with Crippen LogP contribution in [-0.2, 0) is 19.1 Å². The van der Waals surface area contributed by atoms with Crippen LogP contribution in [0.25, 0.3) is 0 Å². The van der Waals surface area contributed by atoms with E-state index in [4.69, 9.17) is 4.74 Å². The minimum Gasteiger partial charge on any atom is -0.481 e. The van der Waals surface area contributed by atoms with Gasteiger partial charge in [0.05, 0.1) is 25.5 Å². The molecule has 0 aromatic rings. The van der Waals surface area contributed by atoms with E-state index in [2.05, 4.69) is 12.2 Å². The van der Waals surface area contributed by atoms with E-state index in [1.807, 2.05) is 4.90 Å². The third kappa shape index (κ3) is 3.65. The van der Waals surface area contributed by atoms with Crippen LogP contribution in [0.5, 0.6) is 0 Å². The first-order chi connectivity index (χ1) is 11.0. The molecular weight excluding hydrogens is 300 g/mol. The van der Waals surface area contributed by atoms with Gasteiger partial charge >= 0.3 is 11.9 Å². The number of rotatable bonds is 8. The number of hydrogen-bond donors (Lipinski definition) is 2. The van der Waals surface area contributed by atoms with E-state index in [-0.39, 0.29) is 24.5 Å². The number of unbranched alkanes of at least 4 members (excludes halogenated alkanes) is 2. The van der Waals surface area contributed by atoms with Gasteiger partial charge in [0.2, 0.25) is 5.91 Å². The number of ether oxygens (including phenoxy) is 1. The molecule has 0 unspecified atom stereocenters. The van der Waals surface area contributed by atoms with Gasteiger partial charge in [-0.2, -0.15) is 0 Å². The third-order valence-electron chi connectivity index (χ3n) is 5.01. The van der Waals surface area contributed by atoms with Gasteiger partial charge in [-0.15, -0.1) is 0 Å². The molecule has 23 heavy (non-hydrogen) atoms. The Balaban J connectivity index is 1.99. The molecule has 2 saturated heterocycles. The van der Waals surface area contributed by atoms with Crippen LogP contribution >= 0.6 is 0 Å². The maximum Gasteiger partial charge on any atom is 0.311 e. The van der Waals surface area contributed by atoms with Crippen LogP contribution in [-0.4, -0.2) is 60.1 Å². The Labute approximate surface area is 136 Å². The second-order valence-corrected chi connectivity index (χ2v) is 6.35. The van der Waals surface area contributed by atoms with Gasteiger partial charge in [-0.05, 0) is 19.3 Å². The van der Waals surface area contributed by atoms with E-state index < -0.39 is 23.8 Å². The highest BCUT2D eigenvalue weighted by molar-refractivity contribution is 5.84. The SMILES string of the molecule is CCCCCNC(=O)CN1[C@@H]2CC[C@H]1[C@@H](C(=O)O)[C@@H]2C(=O)OC. The van der Waals surface area contributed by atoms with E-state index in [1.54, 1.807) is 0 Å². The largest absolute Gasteiger partial charge is 0.481 e. The average Bonchev–Trinajstić information content (AvgIpc) is 3.05. The summed E-state index contributed by atoms with van der Waals surface area (Å²) in [6.45, 7) is 2.89. The Hall–Kier alpha value is -1.63. The van der Waals surface area contributed by atoms with E-state index in [0.29, 0.717) is 13.0 Å². The summed E-state index contributed by atoms with van der Waals surface area (Å²) in [6.07, 6.45) is 4.54. The summed E-state index contributed by atoms with van der Waals surface area (Å²) in [5, 5.41) is 12.3. The number of esters is 1. The lowest BCUT2D eigenvalue weighted by molar-refractivity contribution is -0.156. The van der Waals surface area contributed by atoms with Crippen molar-refractivity contribution >= 4 is 17.8 Å². The molecule has 7 heteroatoms. The van der Waals surface area contributed by atoms with Crippen LogP contribution in [0.2, 0.25) is 0 Å². The molecule has 0 aliphatic carbocycles. The number of carboxylic acids is 1. The van der Waals surface area contributed by atoms with Gasteiger partial charge in [0.1, 0.15) is 0 Å². The molecule has 2 aliphatic heterocycles. The number of aliphatic carboxylic acids is 1. The zero-order valence-corrected chi connectivity index (χ0v) is 13.8. The van der Waals surface area contributed by atoms with Crippen molar-refractivity contribution < 1.29 is 24.2 Å². The standard InChI is InChI=1S/C16H26N2O5/c1-3-4-5-8-17-12(19)9-18-10-6-7-11(18)14(16(22)23-2)13(10)15(20)21/h10-11,13-14H,3-9H2,1-2H3,(H,17,19)(H,20,21)/t10-,11+,13+,14+/m0/s1. The van der Waals surface area contributed by atoms with Crippen molar-refractivity contribution in [1.29, 1.82) is 0 Å². The number of carboxylic acid groups (broad SMARTS) is 1. The molecule has 0 saturated carbocycles. The van der Waals surface area contributed by atoms with E-state index in [1.165, 1.54) is 7.11 Å². The number of hydrogen-bond acceptors (Lipinski definition) is 5. The van der Waals surface area contributed by atoms with Gasteiger partial charge in [-0.3, -0.25) is 19.3 Å². The monoisotopic (exact) mass is 326 g/mol. The Morgan fingerprint density at radius 2 is 1.83 bits per heavy atom. The van der Waals surface area contributed by atoms with Gasteiger partial charge in [-0.1, -0.05) is 19.8 Å². The van der Waals surface area contributed by atoms with Crippen LogP contribution in [0.4, 0.5) is 0 Å². The van der Waals surface area contributed by atoms with Crippen molar-refractivity contribution in [2.75, 3.05) is 20.2 Å². The third-order valence-corrected chi connectivity index (χ3v) is 5.01. The highest BCUT2D eigenvalue weighted by atomic mass is 16.5. The van der Waals surface area contributed by atoms with Crippen LogP contribution < -0.4 is 5.32 Å². The lowest BCUT2D eigenvalue weighted by atomic mass is 9.79. The molecule has 2 heterocycles. The number of amides is 1. The van der Waals surface area contributed by atoms with Crippen LogP contribution in [0, 0.1) is 11.8 Å². The van der Waals surface area contributed by atoms with E-state index in [9.17, 15) is 19.5 Å². The van der Waals surface area contributed by atoms with Gasteiger partial charge < -0.3 is 15.2 Å². The summed E-state index contributed by atoms with van der Waals surface area (Å²) in [4.78, 5) is 37.5. The van der Waals surface area contributed by atoms with E-state index >= 15 is 0 Å². The highest BCUT2D eigenvalue weighted by Crippen LogP contribution is 2.46. The zero-order chi connectivity index (χ0) is 17.0. The normalized spacial score (nSPS) is 29.5. The smallest absolute Gasteiger partial charge is 0.311 e. The lowest BCUT2D eigenvalue weighted by Gasteiger charge is -2.23. The minimum atomic E-state index is -0.985. The number of nitrogens with zero attached hydrogens (tertiary/aromatic N) is 1. The second-order valence-electron chi connectivity index (χ2n) is 6.35. The van der Waals surface area contributed by atoms with Crippen molar-refractivity contribution in [2.45, 2.75) is 51.1 Å². The van der Waals surface area contributed by atoms with Crippen molar-refractivity contribution in [1.82, 2.24) is 10.2 Å². The van der Waals surface area contributed by atoms with Gasteiger partial charge in [0, 0.05) is 18.6 Å². The molecule has 0 radical (unpaired) electrons. The molecule has 0 aromatic heterocycles. The van der Waals surface area contributed by atoms with Crippen molar-refractivity contribution in [3.63, 3.8) is 0 Å². The summed E-state index contributed by atoms with van der Waals surface area (Å²) in [5.41, 5.74) is 0. The van der Waals surface area contributed by atoms with Gasteiger partial charge in [0.15, 0.2) is 0 Å². The first kappa shape index (κ1) is 17.7. The summed E-state index contributed by atoms with van der Waals surface area (Å²) < 4.78 is 4.78. The first-order valence-electron chi connectivity index (χ1n) is 8.34. The molecule has 4 atom stereocenters. The number of carbonyl (C=O) groups is 3. The molecular formula is C16H26N2O5. The van der Waals surface area contributed by atoms with Crippen molar-refractivity contribution in [3.8, 4) is 0 Å². The molecule has 2 aliphatic rings. The second kappa shape index (κ2) is 7.77. The van der Waals surface area contributed by atoms with Crippen LogP contribution in [0.3, 0.4) is 0 Å². The van der Waals surface area contributed by atoms with Gasteiger partial charge in [-0.25, -0.2) is 0 Å². The first-order valence-corrected chi connectivity index (χ1v) is 8.34. The number of nitrogens with one attached hydrogen (secondary N) is 1. The summed E-state index contributed by atoms with van der Waals surface area (Å²) >= 11 is 0. The molecule has 1 amide bonds. The Morgan fingerprint density at radius 3 is 2.39 bits per heavy atom. The summed E-state index contributed by atoms with van der Waals surface area (Å²) in [6, 6.07) is -0.474. The Bertz CT molecular complexity index is 467. The Morgan fingerprint density at radius 1 is 1.17 bits per heavy atom. The molecule has 2 N–H and O–H groups in total. The van der Waals surface area contributed by atoms with Crippen molar-refractivity contribution in [3.05, 3.63) is 0 Å². The van der Waals surface area contributed by atoms with E-state index in [0.717, 1.165) is 25.7 Å². The highest BCUT2D eigenvalue weighted by Gasteiger charge is 2.59. The summed E-state index contributed by atoms with van der Waals surface area (Å²) in [5.74, 6) is -3.04. The molecule has 2 fully saturated rings. The lowest BCUT2D eigenvalue weighted by Crippen LogP contribution is -2.41. The predicted octanol–water partition coefficient (Wildman–Crippen LogP) is 0.629. The van der Waals surface area contributed by atoms with Gasteiger partial charge in [0.25, 0.3) is 0 Å². The predicted molar refractivity (Wildman–Crippen MR) is 82.7 cm³/mol. The maximum atomic E-state index is 12.1. The average molecular weight is 326 g/mol. The fourth-order valence-electron chi connectivity index (χ4n) is 3.99. The quantitative estimate of drug-likeness (QED) is 0.502. The molecule has 2 rings (SSSR count). The molecule has 2 bridgehead atoms. The molecule has 7 nitrogen and oxygen atoms in total.